The van der Waals surface area contributed by atoms with Crippen molar-refractivity contribution in [3.05, 3.63) is 47.5 Å². The normalized spacial score (nSPS) is 41.4. The molecule has 6 atom stereocenters. The molecule has 1 N–H and O–H groups in total. The van der Waals surface area contributed by atoms with Crippen LogP contribution in [0.3, 0.4) is 0 Å². The average molecular weight is 408 g/mol. The fraction of sp³-hybridized carbons (Fsp3) is 0.615. The van der Waals surface area contributed by atoms with Crippen molar-refractivity contribution in [1.82, 2.24) is 0 Å². The van der Waals surface area contributed by atoms with E-state index >= 15 is 0 Å². The number of rotatable bonds is 2. The van der Waals surface area contributed by atoms with Crippen LogP contribution in [0.5, 0.6) is 0 Å². The Bertz CT molecular complexity index is 891. The number of allylic oxidation sites excluding steroid dienone is 1. The number of ether oxygens (including phenoxy) is 1. The van der Waals surface area contributed by atoms with Gasteiger partial charge in [0.2, 0.25) is 0 Å². The predicted molar refractivity (Wildman–Crippen MR) is 117 cm³/mol. The molecular formula is C26H33NO3. The van der Waals surface area contributed by atoms with Gasteiger partial charge in [-0.1, -0.05) is 48.9 Å². The molecule has 3 saturated carbocycles. The predicted octanol–water partition coefficient (Wildman–Crippen LogP) is 6.01. The summed E-state index contributed by atoms with van der Waals surface area (Å²) in [5.74, 6) is 1.80. The Labute approximate surface area is 179 Å². The van der Waals surface area contributed by atoms with Crippen molar-refractivity contribution in [1.29, 1.82) is 0 Å². The molecule has 4 heteroatoms. The maximum Gasteiger partial charge on any atom is 0.338 e. The minimum atomic E-state index is -0.200. The molecule has 1 aromatic rings. The molecular weight excluding hydrogens is 374 g/mol. The SMILES string of the molecule is C[C@]12CC[C@H](OC(=O)c3ccccc3)CC1=CCC1C2CC[C@]2(C)C(=NO)CCC12. The van der Waals surface area contributed by atoms with Gasteiger partial charge in [-0.2, -0.15) is 0 Å². The van der Waals surface area contributed by atoms with Gasteiger partial charge in [-0.25, -0.2) is 4.79 Å². The van der Waals surface area contributed by atoms with Crippen LogP contribution in [0.1, 0.15) is 75.6 Å². The number of esters is 1. The van der Waals surface area contributed by atoms with E-state index in [1.54, 1.807) is 0 Å². The number of benzene rings is 1. The first-order valence-electron chi connectivity index (χ1n) is 11.6. The third-order valence-electron chi connectivity index (χ3n) is 9.20. The van der Waals surface area contributed by atoms with Gasteiger partial charge < -0.3 is 9.94 Å². The summed E-state index contributed by atoms with van der Waals surface area (Å²) in [6.07, 6.45) is 11.0. The third kappa shape index (κ3) is 2.94. The molecule has 4 aliphatic carbocycles. The summed E-state index contributed by atoms with van der Waals surface area (Å²) in [4.78, 5) is 12.5. The van der Waals surface area contributed by atoms with Gasteiger partial charge in [0.15, 0.2) is 0 Å². The van der Waals surface area contributed by atoms with Crippen LogP contribution in [-0.2, 0) is 4.74 Å². The Kier molecular flexibility index (Phi) is 4.79. The van der Waals surface area contributed by atoms with Crippen LogP contribution in [0.4, 0.5) is 0 Å². The lowest BCUT2D eigenvalue weighted by Gasteiger charge is -2.57. The second-order valence-corrected chi connectivity index (χ2v) is 10.4. The topological polar surface area (TPSA) is 58.9 Å². The van der Waals surface area contributed by atoms with E-state index in [2.05, 4.69) is 25.1 Å². The zero-order valence-electron chi connectivity index (χ0n) is 18.1. The molecule has 0 amide bonds. The lowest BCUT2D eigenvalue weighted by atomic mass is 9.48. The molecule has 0 bridgehead atoms. The van der Waals surface area contributed by atoms with Gasteiger partial charge in [0, 0.05) is 11.8 Å². The summed E-state index contributed by atoms with van der Waals surface area (Å²) < 4.78 is 5.90. The van der Waals surface area contributed by atoms with Crippen LogP contribution >= 0.6 is 0 Å². The molecule has 30 heavy (non-hydrogen) atoms. The number of oxime groups is 1. The Morgan fingerprint density at radius 3 is 2.57 bits per heavy atom. The fourth-order valence-electron chi connectivity index (χ4n) is 7.47. The number of hydrogen-bond donors (Lipinski definition) is 1. The molecule has 1 aromatic carbocycles. The lowest BCUT2D eigenvalue weighted by Crippen LogP contribution is -2.50. The van der Waals surface area contributed by atoms with Gasteiger partial charge in [0.05, 0.1) is 11.3 Å². The molecule has 4 nitrogen and oxygen atoms in total. The van der Waals surface area contributed by atoms with E-state index in [9.17, 15) is 10.0 Å². The van der Waals surface area contributed by atoms with Crippen LogP contribution < -0.4 is 0 Å². The van der Waals surface area contributed by atoms with Crippen LogP contribution in [0.25, 0.3) is 0 Å². The van der Waals surface area contributed by atoms with Gasteiger partial charge in [0.1, 0.15) is 6.10 Å². The van der Waals surface area contributed by atoms with Crippen LogP contribution in [0.15, 0.2) is 47.1 Å². The van der Waals surface area contributed by atoms with E-state index in [1.165, 1.54) is 12.0 Å². The second kappa shape index (κ2) is 7.25. The van der Waals surface area contributed by atoms with Crippen molar-refractivity contribution in [2.45, 2.75) is 71.3 Å². The smallest absolute Gasteiger partial charge is 0.338 e. The van der Waals surface area contributed by atoms with E-state index in [4.69, 9.17) is 4.74 Å². The molecule has 0 spiro atoms. The van der Waals surface area contributed by atoms with Crippen molar-refractivity contribution in [2.24, 2.45) is 33.7 Å². The Morgan fingerprint density at radius 1 is 1.07 bits per heavy atom. The second-order valence-electron chi connectivity index (χ2n) is 10.4. The minimum absolute atomic E-state index is 0.0120. The molecule has 0 saturated heterocycles. The summed E-state index contributed by atoms with van der Waals surface area (Å²) in [7, 11) is 0. The van der Waals surface area contributed by atoms with Crippen LogP contribution in [0, 0.1) is 28.6 Å². The van der Waals surface area contributed by atoms with Gasteiger partial charge in [0.25, 0.3) is 0 Å². The highest BCUT2D eigenvalue weighted by Gasteiger charge is 2.58. The van der Waals surface area contributed by atoms with Gasteiger partial charge >= 0.3 is 5.97 Å². The maximum absolute atomic E-state index is 12.5. The maximum atomic E-state index is 12.5. The largest absolute Gasteiger partial charge is 0.458 e. The number of hydrogen-bond acceptors (Lipinski definition) is 4. The zero-order chi connectivity index (χ0) is 20.9. The summed E-state index contributed by atoms with van der Waals surface area (Å²) in [5.41, 5.74) is 3.48. The van der Waals surface area contributed by atoms with Gasteiger partial charge in [-0.15, -0.1) is 0 Å². The van der Waals surface area contributed by atoms with E-state index in [-0.39, 0.29) is 22.9 Å². The molecule has 0 radical (unpaired) electrons. The van der Waals surface area contributed by atoms with Crippen molar-refractivity contribution < 1.29 is 14.7 Å². The monoisotopic (exact) mass is 407 g/mol. The average Bonchev–Trinajstić information content (AvgIpc) is 3.11. The van der Waals surface area contributed by atoms with Crippen molar-refractivity contribution >= 4 is 11.7 Å². The number of nitrogens with zero attached hydrogens (tertiary/aromatic N) is 1. The number of carbonyl (C=O) groups excluding carboxylic acids is 1. The number of carbonyl (C=O) groups is 1. The molecule has 0 aliphatic heterocycles. The molecule has 3 unspecified atom stereocenters. The van der Waals surface area contributed by atoms with Crippen molar-refractivity contribution in [3.8, 4) is 0 Å². The minimum Gasteiger partial charge on any atom is -0.458 e. The molecule has 5 rings (SSSR count). The quantitative estimate of drug-likeness (QED) is 0.283. The number of fused-ring (bicyclic) bond motifs is 5. The lowest BCUT2D eigenvalue weighted by molar-refractivity contribution is -0.0287. The summed E-state index contributed by atoms with van der Waals surface area (Å²) in [6.45, 7) is 4.79. The Balaban J connectivity index is 1.33. The van der Waals surface area contributed by atoms with Crippen molar-refractivity contribution in [2.75, 3.05) is 0 Å². The molecule has 0 heterocycles. The molecule has 160 valence electrons. The standard InChI is InChI=1S/C26H33NO3/c1-25-14-12-19(30-24(28)17-6-4-3-5-7-17)16-18(25)8-9-20-21-10-11-23(27-29)26(21,2)15-13-22(20)25/h3-8,19-22,29H,9-16H2,1-2H3/t19-,20?,21?,22?,25-,26-/m0/s1. The zero-order valence-corrected chi connectivity index (χ0v) is 18.1. The van der Waals surface area contributed by atoms with Crippen LogP contribution in [0.2, 0.25) is 0 Å². The fourth-order valence-corrected chi connectivity index (χ4v) is 7.47. The third-order valence-corrected chi connectivity index (χ3v) is 9.20. The van der Waals surface area contributed by atoms with Gasteiger partial charge in [-0.3, -0.25) is 0 Å². The molecule has 0 aromatic heterocycles. The highest BCUT2D eigenvalue weighted by atomic mass is 16.5. The first-order valence-corrected chi connectivity index (χ1v) is 11.6. The highest BCUT2D eigenvalue weighted by molar-refractivity contribution is 5.92. The Hall–Kier alpha value is -2.10. The van der Waals surface area contributed by atoms with E-state index < -0.39 is 0 Å². The van der Waals surface area contributed by atoms with Crippen LogP contribution in [-0.4, -0.2) is 23.0 Å². The van der Waals surface area contributed by atoms with E-state index in [0.717, 1.165) is 50.7 Å². The van der Waals surface area contributed by atoms with E-state index in [1.807, 2.05) is 30.3 Å². The first kappa shape index (κ1) is 19.8. The summed E-state index contributed by atoms with van der Waals surface area (Å²) in [5, 5.41) is 13.2. The molecule has 4 aliphatic rings. The van der Waals surface area contributed by atoms with Gasteiger partial charge in [-0.05, 0) is 80.2 Å². The first-order chi connectivity index (χ1) is 14.5. The molecule has 3 fully saturated rings. The highest BCUT2D eigenvalue weighted by Crippen LogP contribution is 2.64. The van der Waals surface area contributed by atoms with E-state index in [0.29, 0.717) is 23.3 Å². The van der Waals surface area contributed by atoms with Crippen molar-refractivity contribution in [3.63, 3.8) is 0 Å². The summed E-state index contributed by atoms with van der Waals surface area (Å²) >= 11 is 0. The Morgan fingerprint density at radius 2 is 1.80 bits per heavy atom. The summed E-state index contributed by atoms with van der Waals surface area (Å²) in [6, 6.07) is 9.33.